The van der Waals surface area contributed by atoms with E-state index in [4.69, 9.17) is 15.2 Å². The summed E-state index contributed by atoms with van der Waals surface area (Å²) in [4.78, 5) is 11.7. The first-order valence-electron chi connectivity index (χ1n) is 6.83. The summed E-state index contributed by atoms with van der Waals surface area (Å²) in [5, 5.41) is 2.96. The molecule has 5 nitrogen and oxygen atoms in total. The molecule has 0 aromatic carbocycles. The van der Waals surface area contributed by atoms with E-state index in [1.807, 2.05) is 13.8 Å². The van der Waals surface area contributed by atoms with Crippen LogP contribution in [0.3, 0.4) is 0 Å². The molecule has 3 N–H and O–H groups in total. The minimum Gasteiger partial charge on any atom is -0.381 e. The van der Waals surface area contributed by atoms with Gasteiger partial charge in [0.1, 0.15) is 6.61 Å². The van der Waals surface area contributed by atoms with Crippen molar-refractivity contribution in [2.75, 3.05) is 26.4 Å². The molecule has 0 bridgehead atoms. The number of hydrogen-bond acceptors (Lipinski definition) is 4. The van der Waals surface area contributed by atoms with Crippen LogP contribution in [0.2, 0.25) is 0 Å². The van der Waals surface area contributed by atoms with Crippen LogP contribution >= 0.6 is 0 Å². The van der Waals surface area contributed by atoms with Gasteiger partial charge in [0.25, 0.3) is 0 Å². The SMILES string of the molecule is CCC(N)(CC)COCC(=O)NC1CCOCC1. The number of ether oxygens (including phenoxy) is 2. The quantitative estimate of drug-likeness (QED) is 0.709. The van der Waals surface area contributed by atoms with E-state index < -0.39 is 0 Å². The fraction of sp³-hybridized carbons (Fsp3) is 0.923. The van der Waals surface area contributed by atoms with Crippen LogP contribution in [0.4, 0.5) is 0 Å². The number of rotatable bonds is 7. The highest BCUT2D eigenvalue weighted by molar-refractivity contribution is 5.77. The highest BCUT2D eigenvalue weighted by Gasteiger charge is 2.21. The van der Waals surface area contributed by atoms with Crippen LogP contribution in [-0.2, 0) is 14.3 Å². The molecule has 106 valence electrons. The van der Waals surface area contributed by atoms with Gasteiger partial charge in [-0.1, -0.05) is 13.8 Å². The molecule has 1 aliphatic heterocycles. The third-order valence-electron chi connectivity index (χ3n) is 3.62. The van der Waals surface area contributed by atoms with Crippen LogP contribution in [0.1, 0.15) is 39.5 Å². The molecule has 1 saturated heterocycles. The summed E-state index contributed by atoms with van der Waals surface area (Å²) in [7, 11) is 0. The van der Waals surface area contributed by atoms with E-state index in [0.717, 1.165) is 38.9 Å². The second-order valence-electron chi connectivity index (χ2n) is 5.02. The Morgan fingerprint density at radius 1 is 1.39 bits per heavy atom. The second kappa shape index (κ2) is 7.71. The molecule has 1 heterocycles. The molecule has 18 heavy (non-hydrogen) atoms. The lowest BCUT2D eigenvalue weighted by molar-refractivity contribution is -0.127. The van der Waals surface area contributed by atoms with Gasteiger partial charge in [0.15, 0.2) is 0 Å². The second-order valence-corrected chi connectivity index (χ2v) is 5.02. The van der Waals surface area contributed by atoms with E-state index in [2.05, 4.69) is 5.32 Å². The van der Waals surface area contributed by atoms with Gasteiger partial charge < -0.3 is 20.5 Å². The molecule has 1 aliphatic rings. The Balaban J connectivity index is 2.16. The molecule has 1 fully saturated rings. The van der Waals surface area contributed by atoms with Crippen LogP contribution in [-0.4, -0.2) is 43.9 Å². The average Bonchev–Trinajstić information content (AvgIpc) is 2.39. The molecular formula is C13H26N2O3. The van der Waals surface area contributed by atoms with Crippen molar-refractivity contribution < 1.29 is 14.3 Å². The lowest BCUT2D eigenvalue weighted by Crippen LogP contribution is -2.45. The molecule has 0 unspecified atom stereocenters. The lowest BCUT2D eigenvalue weighted by atomic mass is 9.96. The van der Waals surface area contributed by atoms with Crippen LogP contribution in [0, 0.1) is 0 Å². The van der Waals surface area contributed by atoms with Gasteiger partial charge in [-0.25, -0.2) is 0 Å². The number of amides is 1. The summed E-state index contributed by atoms with van der Waals surface area (Å²) in [5.74, 6) is -0.0588. The molecule has 5 heteroatoms. The Morgan fingerprint density at radius 3 is 2.56 bits per heavy atom. The van der Waals surface area contributed by atoms with Crippen molar-refractivity contribution in [3.63, 3.8) is 0 Å². The van der Waals surface area contributed by atoms with E-state index >= 15 is 0 Å². The summed E-state index contributed by atoms with van der Waals surface area (Å²) in [6.07, 6.45) is 3.48. The first-order chi connectivity index (χ1) is 8.59. The van der Waals surface area contributed by atoms with Crippen LogP contribution in [0.25, 0.3) is 0 Å². The van der Waals surface area contributed by atoms with Crippen molar-refractivity contribution >= 4 is 5.91 Å². The zero-order chi connectivity index (χ0) is 13.4. The molecule has 0 aromatic rings. The van der Waals surface area contributed by atoms with Crippen molar-refractivity contribution in [2.24, 2.45) is 5.73 Å². The predicted molar refractivity (Wildman–Crippen MR) is 70.3 cm³/mol. The molecule has 0 radical (unpaired) electrons. The maximum Gasteiger partial charge on any atom is 0.246 e. The van der Waals surface area contributed by atoms with Crippen LogP contribution in [0.5, 0.6) is 0 Å². The van der Waals surface area contributed by atoms with Crippen molar-refractivity contribution in [1.29, 1.82) is 0 Å². The number of hydrogen-bond donors (Lipinski definition) is 2. The van der Waals surface area contributed by atoms with Gasteiger partial charge in [-0.3, -0.25) is 4.79 Å². The molecular weight excluding hydrogens is 232 g/mol. The van der Waals surface area contributed by atoms with Crippen molar-refractivity contribution in [1.82, 2.24) is 5.32 Å². The van der Waals surface area contributed by atoms with Crippen molar-refractivity contribution in [3.05, 3.63) is 0 Å². The van der Waals surface area contributed by atoms with Gasteiger partial charge >= 0.3 is 0 Å². The van der Waals surface area contributed by atoms with Gasteiger partial charge in [0, 0.05) is 24.8 Å². The fourth-order valence-electron chi connectivity index (χ4n) is 1.91. The average molecular weight is 258 g/mol. The molecule has 0 saturated carbocycles. The molecule has 1 amide bonds. The Bertz CT molecular complexity index is 249. The van der Waals surface area contributed by atoms with E-state index in [1.54, 1.807) is 0 Å². The Morgan fingerprint density at radius 2 is 2.00 bits per heavy atom. The third-order valence-corrected chi connectivity index (χ3v) is 3.62. The summed E-state index contributed by atoms with van der Waals surface area (Å²) >= 11 is 0. The summed E-state index contributed by atoms with van der Waals surface area (Å²) < 4.78 is 10.7. The van der Waals surface area contributed by atoms with E-state index in [1.165, 1.54) is 0 Å². The smallest absolute Gasteiger partial charge is 0.246 e. The van der Waals surface area contributed by atoms with Gasteiger partial charge in [0.05, 0.1) is 6.61 Å². The number of nitrogens with two attached hydrogens (primary N) is 1. The van der Waals surface area contributed by atoms with Gasteiger partial charge in [-0.2, -0.15) is 0 Å². The number of carbonyl (C=O) groups excluding carboxylic acids is 1. The van der Waals surface area contributed by atoms with E-state index in [9.17, 15) is 4.79 Å². The third kappa shape index (κ3) is 5.33. The maximum atomic E-state index is 11.7. The van der Waals surface area contributed by atoms with Crippen molar-refractivity contribution in [3.8, 4) is 0 Å². The zero-order valence-corrected chi connectivity index (χ0v) is 11.5. The minimum atomic E-state index is -0.307. The monoisotopic (exact) mass is 258 g/mol. The zero-order valence-electron chi connectivity index (χ0n) is 11.5. The maximum absolute atomic E-state index is 11.7. The van der Waals surface area contributed by atoms with E-state index in [0.29, 0.717) is 6.61 Å². The number of nitrogens with one attached hydrogen (secondary N) is 1. The summed E-state index contributed by atoms with van der Waals surface area (Å²) in [5.41, 5.74) is 5.79. The Hall–Kier alpha value is -0.650. The molecule has 0 aromatic heterocycles. The molecule has 0 spiro atoms. The van der Waals surface area contributed by atoms with E-state index in [-0.39, 0.29) is 24.1 Å². The summed E-state index contributed by atoms with van der Waals surface area (Å²) in [6.45, 7) is 6.05. The fourth-order valence-corrected chi connectivity index (χ4v) is 1.91. The number of carbonyl (C=O) groups is 1. The Kier molecular flexibility index (Phi) is 6.60. The highest BCUT2D eigenvalue weighted by Crippen LogP contribution is 2.11. The molecule has 0 atom stereocenters. The normalized spacial score (nSPS) is 17.7. The summed E-state index contributed by atoms with van der Waals surface area (Å²) in [6, 6.07) is 0.231. The first-order valence-corrected chi connectivity index (χ1v) is 6.83. The lowest BCUT2D eigenvalue weighted by Gasteiger charge is -2.26. The predicted octanol–water partition coefficient (Wildman–Crippen LogP) is 0.816. The van der Waals surface area contributed by atoms with Crippen molar-refractivity contribution in [2.45, 2.75) is 51.1 Å². The van der Waals surface area contributed by atoms with Crippen LogP contribution in [0.15, 0.2) is 0 Å². The topological polar surface area (TPSA) is 73.6 Å². The highest BCUT2D eigenvalue weighted by atomic mass is 16.5. The minimum absolute atomic E-state index is 0.0588. The standard InChI is InChI=1S/C13H26N2O3/c1-3-13(14,4-2)10-18-9-12(16)15-11-5-7-17-8-6-11/h11H,3-10,14H2,1-2H3,(H,15,16). The molecule has 1 rings (SSSR count). The van der Waals surface area contributed by atoms with Gasteiger partial charge in [-0.05, 0) is 25.7 Å². The first kappa shape index (κ1) is 15.4. The largest absolute Gasteiger partial charge is 0.381 e. The van der Waals surface area contributed by atoms with Crippen LogP contribution < -0.4 is 11.1 Å². The van der Waals surface area contributed by atoms with Gasteiger partial charge in [0.2, 0.25) is 5.91 Å². The molecule has 0 aliphatic carbocycles. The van der Waals surface area contributed by atoms with Gasteiger partial charge in [-0.15, -0.1) is 0 Å². The Labute approximate surface area is 109 Å².